The van der Waals surface area contributed by atoms with Gasteiger partial charge in [0.2, 0.25) is 0 Å². The molecule has 0 unspecified atom stereocenters. The SMILES string of the molecule is COC(=O)c1cc(-c2ccccn2)sc1NC(=O)OC(C)(C)C. The van der Waals surface area contributed by atoms with Crippen LogP contribution in [0.3, 0.4) is 0 Å². The fraction of sp³-hybridized carbons (Fsp3) is 0.312. The van der Waals surface area contributed by atoms with Crippen LogP contribution in [0.2, 0.25) is 0 Å². The van der Waals surface area contributed by atoms with Gasteiger partial charge in [0.05, 0.1) is 23.2 Å². The van der Waals surface area contributed by atoms with Gasteiger partial charge in [0.25, 0.3) is 0 Å². The lowest BCUT2D eigenvalue weighted by atomic mass is 10.2. The predicted molar refractivity (Wildman–Crippen MR) is 88.7 cm³/mol. The van der Waals surface area contributed by atoms with Gasteiger partial charge in [-0.2, -0.15) is 0 Å². The standard InChI is InChI=1S/C16H18N2O4S/c1-16(2,3)22-15(20)18-13-10(14(19)21-4)9-12(23-13)11-7-5-6-8-17-11/h5-9H,1-4H3,(H,18,20). The van der Waals surface area contributed by atoms with E-state index < -0.39 is 17.7 Å². The first-order chi connectivity index (χ1) is 10.8. The highest BCUT2D eigenvalue weighted by molar-refractivity contribution is 7.20. The maximum absolute atomic E-state index is 11.9. The molecule has 23 heavy (non-hydrogen) atoms. The van der Waals surface area contributed by atoms with Crippen molar-refractivity contribution in [1.82, 2.24) is 4.98 Å². The largest absolute Gasteiger partial charge is 0.465 e. The molecule has 6 nitrogen and oxygen atoms in total. The third-order valence-corrected chi connectivity index (χ3v) is 3.74. The molecule has 7 heteroatoms. The molecular formula is C16H18N2O4S. The minimum Gasteiger partial charge on any atom is -0.465 e. The molecule has 0 bridgehead atoms. The average Bonchev–Trinajstić information content (AvgIpc) is 2.89. The van der Waals surface area contributed by atoms with Crippen LogP contribution in [0, 0.1) is 0 Å². The summed E-state index contributed by atoms with van der Waals surface area (Å²) >= 11 is 1.24. The Bertz CT molecular complexity index is 705. The highest BCUT2D eigenvalue weighted by atomic mass is 32.1. The number of aromatic nitrogens is 1. The molecule has 0 aliphatic rings. The number of hydrogen-bond donors (Lipinski definition) is 1. The Morgan fingerprint density at radius 3 is 2.57 bits per heavy atom. The van der Waals surface area contributed by atoms with Gasteiger partial charge in [-0.1, -0.05) is 6.07 Å². The van der Waals surface area contributed by atoms with E-state index in [0.29, 0.717) is 10.7 Å². The molecule has 0 fully saturated rings. The lowest BCUT2D eigenvalue weighted by Crippen LogP contribution is -2.27. The zero-order valence-electron chi connectivity index (χ0n) is 13.4. The monoisotopic (exact) mass is 334 g/mol. The number of thiophene rings is 1. The molecule has 2 rings (SSSR count). The van der Waals surface area contributed by atoms with Crippen molar-refractivity contribution in [2.24, 2.45) is 0 Å². The van der Waals surface area contributed by atoms with Crippen LogP contribution >= 0.6 is 11.3 Å². The summed E-state index contributed by atoms with van der Waals surface area (Å²) in [6.07, 6.45) is 1.03. The summed E-state index contributed by atoms with van der Waals surface area (Å²) in [7, 11) is 1.29. The Labute approximate surface area is 138 Å². The molecule has 0 saturated heterocycles. The molecular weight excluding hydrogens is 316 g/mol. The van der Waals surface area contributed by atoms with Crippen LogP contribution in [0.1, 0.15) is 31.1 Å². The van der Waals surface area contributed by atoms with Gasteiger partial charge in [-0.25, -0.2) is 9.59 Å². The average molecular weight is 334 g/mol. The van der Waals surface area contributed by atoms with Gasteiger partial charge in [-0.15, -0.1) is 11.3 Å². The lowest BCUT2D eigenvalue weighted by molar-refractivity contribution is 0.0602. The van der Waals surface area contributed by atoms with Crippen molar-refractivity contribution >= 4 is 28.4 Å². The van der Waals surface area contributed by atoms with Crippen LogP contribution in [0.5, 0.6) is 0 Å². The summed E-state index contributed by atoms with van der Waals surface area (Å²) in [6, 6.07) is 7.12. The summed E-state index contributed by atoms with van der Waals surface area (Å²) in [6.45, 7) is 5.30. The third-order valence-electron chi connectivity index (χ3n) is 2.67. The fourth-order valence-corrected chi connectivity index (χ4v) is 2.79. The van der Waals surface area contributed by atoms with Crippen molar-refractivity contribution < 1.29 is 19.1 Å². The number of hydrogen-bond acceptors (Lipinski definition) is 6. The number of carbonyl (C=O) groups excluding carboxylic acids is 2. The first-order valence-corrected chi connectivity index (χ1v) is 7.75. The predicted octanol–water partition coefficient (Wildman–Crippen LogP) is 3.94. The first-order valence-electron chi connectivity index (χ1n) is 6.93. The third kappa shape index (κ3) is 4.53. The smallest absolute Gasteiger partial charge is 0.412 e. The van der Waals surface area contributed by atoms with Crippen molar-refractivity contribution in [2.75, 3.05) is 12.4 Å². The summed E-state index contributed by atoms with van der Waals surface area (Å²) in [5, 5.41) is 2.97. The number of anilines is 1. The van der Waals surface area contributed by atoms with E-state index >= 15 is 0 Å². The molecule has 0 radical (unpaired) electrons. The molecule has 0 atom stereocenters. The maximum Gasteiger partial charge on any atom is 0.412 e. The topological polar surface area (TPSA) is 77.5 Å². The number of ether oxygens (including phenoxy) is 2. The number of carbonyl (C=O) groups is 2. The van der Waals surface area contributed by atoms with Crippen molar-refractivity contribution in [2.45, 2.75) is 26.4 Å². The first kappa shape index (κ1) is 17.0. The summed E-state index contributed by atoms with van der Waals surface area (Å²) in [5.74, 6) is -0.533. The van der Waals surface area contributed by atoms with E-state index in [0.717, 1.165) is 4.88 Å². The van der Waals surface area contributed by atoms with E-state index in [1.165, 1.54) is 18.4 Å². The molecule has 1 N–H and O–H groups in total. The van der Waals surface area contributed by atoms with Gasteiger partial charge in [-0.05, 0) is 39.0 Å². The molecule has 0 aromatic carbocycles. The lowest BCUT2D eigenvalue weighted by Gasteiger charge is -2.19. The van der Waals surface area contributed by atoms with Gasteiger partial charge >= 0.3 is 12.1 Å². The minimum absolute atomic E-state index is 0.268. The molecule has 0 aliphatic heterocycles. The summed E-state index contributed by atoms with van der Waals surface area (Å²) in [4.78, 5) is 28.8. The maximum atomic E-state index is 11.9. The van der Waals surface area contributed by atoms with Crippen LogP contribution in [0.25, 0.3) is 10.6 Å². The van der Waals surface area contributed by atoms with Crippen molar-refractivity contribution in [1.29, 1.82) is 0 Å². The van der Waals surface area contributed by atoms with E-state index in [9.17, 15) is 9.59 Å². The van der Waals surface area contributed by atoms with Crippen molar-refractivity contribution in [3.05, 3.63) is 36.0 Å². The van der Waals surface area contributed by atoms with E-state index in [2.05, 4.69) is 10.3 Å². The molecule has 2 aromatic heterocycles. The Morgan fingerprint density at radius 2 is 2.00 bits per heavy atom. The molecule has 2 heterocycles. The van der Waals surface area contributed by atoms with E-state index in [1.54, 1.807) is 39.1 Å². The number of amides is 1. The number of rotatable bonds is 3. The van der Waals surface area contributed by atoms with Crippen molar-refractivity contribution in [3.8, 4) is 10.6 Å². The minimum atomic E-state index is -0.628. The Hall–Kier alpha value is -2.41. The normalized spacial score (nSPS) is 11.0. The molecule has 2 aromatic rings. The van der Waals surface area contributed by atoms with Crippen LogP contribution in [0.4, 0.5) is 9.80 Å². The highest BCUT2D eigenvalue weighted by Crippen LogP contribution is 2.35. The van der Waals surface area contributed by atoms with E-state index in [4.69, 9.17) is 9.47 Å². The number of nitrogens with one attached hydrogen (secondary N) is 1. The molecule has 0 aliphatic carbocycles. The van der Waals surface area contributed by atoms with Gasteiger partial charge in [0, 0.05) is 6.20 Å². The van der Waals surface area contributed by atoms with E-state index in [-0.39, 0.29) is 5.56 Å². The number of pyridine rings is 1. The summed E-state index contributed by atoms with van der Waals surface area (Å²) < 4.78 is 9.98. The second-order valence-electron chi connectivity index (χ2n) is 5.69. The zero-order valence-corrected chi connectivity index (χ0v) is 14.2. The Kier molecular flexibility index (Phi) is 5.00. The van der Waals surface area contributed by atoms with Crippen LogP contribution < -0.4 is 5.32 Å². The molecule has 0 spiro atoms. The Balaban J connectivity index is 2.32. The Morgan fingerprint density at radius 1 is 1.26 bits per heavy atom. The second-order valence-corrected chi connectivity index (χ2v) is 6.74. The molecule has 1 amide bonds. The molecule has 122 valence electrons. The van der Waals surface area contributed by atoms with Crippen LogP contribution in [0.15, 0.2) is 30.5 Å². The quantitative estimate of drug-likeness (QED) is 0.860. The zero-order chi connectivity index (χ0) is 17.0. The highest BCUT2D eigenvalue weighted by Gasteiger charge is 2.22. The van der Waals surface area contributed by atoms with Crippen molar-refractivity contribution in [3.63, 3.8) is 0 Å². The second kappa shape index (κ2) is 6.78. The summed E-state index contributed by atoms with van der Waals surface area (Å²) in [5.41, 5.74) is 0.347. The van der Waals surface area contributed by atoms with Crippen LogP contribution in [-0.2, 0) is 9.47 Å². The molecule has 0 saturated carbocycles. The number of nitrogens with zero attached hydrogens (tertiary/aromatic N) is 1. The fourth-order valence-electron chi connectivity index (χ4n) is 1.78. The number of methoxy groups -OCH3 is 1. The van der Waals surface area contributed by atoms with Gasteiger partial charge in [0.1, 0.15) is 10.6 Å². The van der Waals surface area contributed by atoms with Crippen LogP contribution in [-0.4, -0.2) is 29.8 Å². The van der Waals surface area contributed by atoms with Gasteiger partial charge in [0.15, 0.2) is 0 Å². The van der Waals surface area contributed by atoms with E-state index in [1.807, 2.05) is 12.1 Å². The van der Waals surface area contributed by atoms with Gasteiger partial charge < -0.3 is 9.47 Å². The van der Waals surface area contributed by atoms with Gasteiger partial charge in [-0.3, -0.25) is 10.3 Å². The number of esters is 1.